The van der Waals surface area contributed by atoms with Gasteiger partial charge in [0.15, 0.2) is 0 Å². The molecule has 1 fully saturated rings. The maximum absolute atomic E-state index is 11.1. The molecule has 0 saturated carbocycles. The molecule has 0 aromatic carbocycles. The molecule has 80 valence electrons. The number of pyridine rings is 1. The Balaban J connectivity index is 2.19. The van der Waals surface area contributed by atoms with Crippen LogP contribution in [0.2, 0.25) is 0 Å². The van der Waals surface area contributed by atoms with E-state index in [0.717, 1.165) is 24.5 Å². The largest absolute Gasteiger partial charge is 0.369 e. The van der Waals surface area contributed by atoms with Crippen molar-refractivity contribution < 1.29 is 4.79 Å². The highest BCUT2D eigenvalue weighted by Crippen LogP contribution is 2.21. The molecule has 0 bridgehead atoms. The summed E-state index contributed by atoms with van der Waals surface area (Å²) in [5.74, 6) is 0.379. The SMILES string of the molecule is Cc1ccc(N2CCC(=O)CC2)c(C)n1. The predicted molar refractivity (Wildman–Crippen MR) is 60.2 cm³/mol. The number of Topliss-reactive ketones (excluding diaryl/α,β-unsaturated/α-hetero) is 1. The van der Waals surface area contributed by atoms with Crippen molar-refractivity contribution in [2.24, 2.45) is 0 Å². The van der Waals surface area contributed by atoms with E-state index in [1.165, 1.54) is 5.69 Å². The van der Waals surface area contributed by atoms with Crippen LogP contribution in [-0.2, 0) is 4.79 Å². The summed E-state index contributed by atoms with van der Waals surface area (Å²) in [5, 5.41) is 0. The number of carbonyl (C=O) groups is 1. The fraction of sp³-hybridized carbons (Fsp3) is 0.500. The maximum Gasteiger partial charge on any atom is 0.136 e. The summed E-state index contributed by atoms with van der Waals surface area (Å²) in [5.41, 5.74) is 3.28. The van der Waals surface area contributed by atoms with Crippen LogP contribution < -0.4 is 4.90 Å². The average Bonchev–Trinajstić information content (AvgIpc) is 2.20. The summed E-state index contributed by atoms with van der Waals surface area (Å²) < 4.78 is 0. The zero-order chi connectivity index (χ0) is 10.8. The minimum atomic E-state index is 0.379. The van der Waals surface area contributed by atoms with E-state index in [9.17, 15) is 4.79 Å². The molecule has 0 aliphatic carbocycles. The first-order chi connectivity index (χ1) is 7.16. The van der Waals surface area contributed by atoms with E-state index in [4.69, 9.17) is 0 Å². The van der Waals surface area contributed by atoms with Gasteiger partial charge < -0.3 is 4.90 Å². The fourth-order valence-electron chi connectivity index (χ4n) is 2.01. The highest BCUT2D eigenvalue weighted by Gasteiger charge is 2.17. The normalized spacial score (nSPS) is 16.9. The fourth-order valence-corrected chi connectivity index (χ4v) is 2.01. The maximum atomic E-state index is 11.1. The number of hydrogen-bond donors (Lipinski definition) is 0. The number of carbonyl (C=O) groups excluding carboxylic acids is 1. The molecule has 2 rings (SSSR count). The molecular weight excluding hydrogens is 188 g/mol. The third-order valence-electron chi connectivity index (χ3n) is 2.86. The molecule has 1 aromatic rings. The summed E-state index contributed by atoms with van der Waals surface area (Å²) in [6.07, 6.45) is 1.35. The molecule has 0 N–H and O–H groups in total. The standard InChI is InChI=1S/C12H16N2O/c1-9-3-4-12(10(2)13-9)14-7-5-11(15)6-8-14/h3-4H,5-8H2,1-2H3. The molecule has 0 spiro atoms. The van der Waals surface area contributed by atoms with Crippen LogP contribution >= 0.6 is 0 Å². The number of anilines is 1. The lowest BCUT2D eigenvalue weighted by Crippen LogP contribution is -2.34. The molecule has 1 aliphatic rings. The van der Waals surface area contributed by atoms with Gasteiger partial charge in [-0.2, -0.15) is 0 Å². The van der Waals surface area contributed by atoms with Gasteiger partial charge in [-0.3, -0.25) is 9.78 Å². The van der Waals surface area contributed by atoms with Gasteiger partial charge in [0.05, 0.1) is 11.4 Å². The molecule has 3 heteroatoms. The van der Waals surface area contributed by atoms with Gasteiger partial charge in [-0.05, 0) is 26.0 Å². The van der Waals surface area contributed by atoms with Crippen molar-refractivity contribution in [3.8, 4) is 0 Å². The second-order valence-electron chi connectivity index (χ2n) is 4.08. The average molecular weight is 204 g/mol. The summed E-state index contributed by atoms with van der Waals surface area (Å²) in [6, 6.07) is 4.13. The quantitative estimate of drug-likeness (QED) is 0.700. The van der Waals surface area contributed by atoms with Gasteiger partial charge >= 0.3 is 0 Å². The Morgan fingerprint density at radius 2 is 1.87 bits per heavy atom. The smallest absolute Gasteiger partial charge is 0.136 e. The number of aryl methyl sites for hydroxylation is 2. The number of hydrogen-bond acceptors (Lipinski definition) is 3. The van der Waals surface area contributed by atoms with Crippen LogP contribution in [0.3, 0.4) is 0 Å². The van der Waals surface area contributed by atoms with E-state index < -0.39 is 0 Å². The van der Waals surface area contributed by atoms with Crippen LogP contribution in [0.4, 0.5) is 5.69 Å². The number of aromatic nitrogens is 1. The van der Waals surface area contributed by atoms with Gasteiger partial charge in [0.2, 0.25) is 0 Å². The van der Waals surface area contributed by atoms with Gasteiger partial charge in [0, 0.05) is 31.6 Å². The van der Waals surface area contributed by atoms with E-state index in [-0.39, 0.29) is 0 Å². The van der Waals surface area contributed by atoms with Gasteiger partial charge in [-0.1, -0.05) is 0 Å². The Morgan fingerprint density at radius 3 is 2.47 bits per heavy atom. The lowest BCUT2D eigenvalue weighted by Gasteiger charge is -2.29. The van der Waals surface area contributed by atoms with Crippen LogP contribution in [0.1, 0.15) is 24.2 Å². The molecule has 0 radical (unpaired) electrons. The van der Waals surface area contributed by atoms with Crippen LogP contribution in [0.15, 0.2) is 12.1 Å². The Morgan fingerprint density at radius 1 is 1.20 bits per heavy atom. The summed E-state index contributed by atoms with van der Waals surface area (Å²) >= 11 is 0. The van der Waals surface area contributed by atoms with Crippen molar-refractivity contribution >= 4 is 11.5 Å². The van der Waals surface area contributed by atoms with E-state index in [1.807, 2.05) is 19.9 Å². The second-order valence-corrected chi connectivity index (χ2v) is 4.08. The van der Waals surface area contributed by atoms with Gasteiger partial charge in [0.1, 0.15) is 5.78 Å². The minimum Gasteiger partial charge on any atom is -0.369 e. The van der Waals surface area contributed by atoms with Crippen molar-refractivity contribution in [1.29, 1.82) is 0 Å². The second kappa shape index (κ2) is 4.01. The van der Waals surface area contributed by atoms with Crippen molar-refractivity contribution in [1.82, 2.24) is 4.98 Å². The molecule has 1 aliphatic heterocycles. The minimum absolute atomic E-state index is 0.379. The van der Waals surface area contributed by atoms with Crippen LogP contribution in [0, 0.1) is 13.8 Å². The molecule has 2 heterocycles. The first kappa shape index (κ1) is 10.1. The monoisotopic (exact) mass is 204 g/mol. The predicted octanol–water partition coefficient (Wildman–Crippen LogP) is 1.87. The molecule has 0 atom stereocenters. The Labute approximate surface area is 90.1 Å². The molecule has 1 aromatic heterocycles. The van der Waals surface area contributed by atoms with Crippen LogP contribution in [-0.4, -0.2) is 23.9 Å². The summed E-state index contributed by atoms with van der Waals surface area (Å²) in [6.45, 7) is 5.70. The zero-order valence-corrected chi connectivity index (χ0v) is 9.29. The third kappa shape index (κ3) is 2.17. The van der Waals surface area contributed by atoms with E-state index in [2.05, 4.69) is 16.0 Å². The zero-order valence-electron chi connectivity index (χ0n) is 9.29. The number of ketones is 1. The summed E-state index contributed by atoms with van der Waals surface area (Å²) in [4.78, 5) is 17.8. The van der Waals surface area contributed by atoms with E-state index >= 15 is 0 Å². The number of piperidine rings is 1. The molecule has 0 amide bonds. The first-order valence-corrected chi connectivity index (χ1v) is 5.38. The first-order valence-electron chi connectivity index (χ1n) is 5.38. The Kier molecular flexibility index (Phi) is 2.71. The number of rotatable bonds is 1. The lowest BCUT2D eigenvalue weighted by atomic mass is 10.1. The Hall–Kier alpha value is -1.38. The Bertz CT molecular complexity index is 377. The van der Waals surface area contributed by atoms with Crippen molar-refractivity contribution in [2.75, 3.05) is 18.0 Å². The van der Waals surface area contributed by atoms with Crippen LogP contribution in [0.5, 0.6) is 0 Å². The highest BCUT2D eigenvalue weighted by molar-refractivity contribution is 5.81. The number of nitrogens with zero attached hydrogens (tertiary/aromatic N) is 2. The molecule has 0 unspecified atom stereocenters. The molecule has 1 saturated heterocycles. The molecular formula is C12H16N2O. The summed E-state index contributed by atoms with van der Waals surface area (Å²) in [7, 11) is 0. The highest BCUT2D eigenvalue weighted by atomic mass is 16.1. The van der Waals surface area contributed by atoms with Crippen LogP contribution in [0.25, 0.3) is 0 Å². The van der Waals surface area contributed by atoms with Gasteiger partial charge in [-0.25, -0.2) is 0 Å². The van der Waals surface area contributed by atoms with Gasteiger partial charge in [0.25, 0.3) is 0 Å². The molecule has 15 heavy (non-hydrogen) atoms. The van der Waals surface area contributed by atoms with Crippen molar-refractivity contribution in [2.45, 2.75) is 26.7 Å². The third-order valence-corrected chi connectivity index (χ3v) is 2.86. The van der Waals surface area contributed by atoms with E-state index in [1.54, 1.807) is 0 Å². The molecule has 3 nitrogen and oxygen atoms in total. The lowest BCUT2D eigenvalue weighted by molar-refractivity contribution is -0.119. The topological polar surface area (TPSA) is 33.2 Å². The van der Waals surface area contributed by atoms with Gasteiger partial charge in [-0.15, -0.1) is 0 Å². The van der Waals surface area contributed by atoms with Crippen molar-refractivity contribution in [3.63, 3.8) is 0 Å². The van der Waals surface area contributed by atoms with Crippen molar-refractivity contribution in [3.05, 3.63) is 23.5 Å². The van der Waals surface area contributed by atoms with E-state index in [0.29, 0.717) is 18.6 Å².